The molecule has 6 heteroatoms. The minimum Gasteiger partial charge on any atom is -0.364 e. The molecule has 1 heterocycles. The van der Waals surface area contributed by atoms with Crippen LogP contribution in [0.15, 0.2) is 30.3 Å². The van der Waals surface area contributed by atoms with Crippen LogP contribution < -0.4 is 5.73 Å². The van der Waals surface area contributed by atoms with Crippen molar-refractivity contribution in [2.45, 2.75) is 6.92 Å². The molecule has 0 bridgehead atoms. The third-order valence-corrected chi connectivity index (χ3v) is 4.44. The van der Waals surface area contributed by atoms with Crippen molar-refractivity contribution in [3.63, 3.8) is 0 Å². The van der Waals surface area contributed by atoms with Crippen LogP contribution in [0.2, 0.25) is 5.02 Å². The van der Waals surface area contributed by atoms with E-state index in [0.29, 0.717) is 33.5 Å². The van der Waals surface area contributed by atoms with E-state index in [0.717, 1.165) is 5.39 Å². The zero-order valence-electron chi connectivity index (χ0n) is 13.0. The van der Waals surface area contributed by atoms with Crippen LogP contribution in [0.4, 0.5) is 4.39 Å². The molecule has 0 aliphatic rings. The number of nitrogens with zero attached hydrogens (tertiary/aromatic N) is 2. The summed E-state index contributed by atoms with van der Waals surface area (Å²) in [6.07, 6.45) is 0. The van der Waals surface area contributed by atoms with Crippen LogP contribution >= 0.6 is 11.6 Å². The Morgan fingerprint density at radius 1 is 1.33 bits per heavy atom. The summed E-state index contributed by atoms with van der Waals surface area (Å²) in [6.45, 7) is 1.77. The van der Waals surface area contributed by atoms with Crippen molar-refractivity contribution in [1.29, 1.82) is 5.26 Å². The molecule has 0 saturated heterocycles. The molecule has 3 rings (SSSR count). The van der Waals surface area contributed by atoms with Crippen LogP contribution in [-0.4, -0.2) is 10.5 Å². The number of carbonyl (C=O) groups is 1. The largest absolute Gasteiger partial charge is 0.364 e. The number of halogens is 2. The van der Waals surface area contributed by atoms with E-state index in [1.165, 1.54) is 12.1 Å². The maximum absolute atomic E-state index is 13.9. The smallest absolute Gasteiger partial charge is 0.265 e. The van der Waals surface area contributed by atoms with Gasteiger partial charge in [0.1, 0.15) is 11.5 Å². The van der Waals surface area contributed by atoms with Gasteiger partial charge in [0.15, 0.2) is 0 Å². The minimum atomic E-state index is -0.557. The first kappa shape index (κ1) is 16.0. The molecule has 24 heavy (non-hydrogen) atoms. The van der Waals surface area contributed by atoms with Crippen molar-refractivity contribution in [2.24, 2.45) is 12.8 Å². The monoisotopic (exact) mass is 341 g/mol. The summed E-state index contributed by atoms with van der Waals surface area (Å²) in [5, 5.41) is 10.1. The predicted octanol–water partition coefficient (Wildman–Crippen LogP) is 3.92. The summed E-state index contributed by atoms with van der Waals surface area (Å²) in [5.74, 6) is -1.11. The average molecular weight is 342 g/mol. The maximum Gasteiger partial charge on any atom is 0.265 e. The number of aryl methyl sites for hydroxylation is 2. The second-order valence-electron chi connectivity index (χ2n) is 5.56. The predicted molar refractivity (Wildman–Crippen MR) is 91.3 cm³/mol. The summed E-state index contributed by atoms with van der Waals surface area (Å²) >= 11 is 5.75. The molecule has 0 saturated carbocycles. The highest BCUT2D eigenvalue weighted by atomic mass is 35.5. The molecule has 2 N–H and O–H groups in total. The van der Waals surface area contributed by atoms with Gasteiger partial charge in [-0.05, 0) is 42.3 Å². The van der Waals surface area contributed by atoms with E-state index in [4.69, 9.17) is 17.3 Å². The summed E-state index contributed by atoms with van der Waals surface area (Å²) in [5.41, 5.74) is 8.85. The van der Waals surface area contributed by atoms with Crippen LogP contribution in [-0.2, 0) is 7.05 Å². The second-order valence-corrected chi connectivity index (χ2v) is 5.96. The molecule has 0 spiro atoms. The number of hydrogen-bond acceptors (Lipinski definition) is 2. The van der Waals surface area contributed by atoms with E-state index in [-0.39, 0.29) is 5.02 Å². The maximum atomic E-state index is 13.9. The summed E-state index contributed by atoms with van der Waals surface area (Å²) in [7, 11) is 1.72. The second kappa shape index (κ2) is 5.66. The van der Waals surface area contributed by atoms with Crippen molar-refractivity contribution in [3.05, 3.63) is 58.0 Å². The first-order valence-electron chi connectivity index (χ1n) is 7.13. The Morgan fingerprint density at radius 3 is 2.62 bits per heavy atom. The van der Waals surface area contributed by atoms with Crippen molar-refractivity contribution in [1.82, 2.24) is 4.57 Å². The standard InChI is InChI=1S/C18H13ClFN3O/c1-9-12-5-10(8-21)6-13(11-3-4-14(19)15(20)7-11)17(12)23(2)16(9)18(22)24/h3-7H,1-2H3,(H2,22,24). The van der Waals surface area contributed by atoms with Crippen LogP contribution in [0.3, 0.4) is 0 Å². The van der Waals surface area contributed by atoms with E-state index in [1.807, 2.05) is 0 Å². The fraction of sp³-hybridized carbons (Fsp3) is 0.111. The Morgan fingerprint density at radius 2 is 2.04 bits per heavy atom. The third kappa shape index (κ3) is 2.32. The Hall–Kier alpha value is -2.84. The van der Waals surface area contributed by atoms with Gasteiger partial charge >= 0.3 is 0 Å². The third-order valence-electron chi connectivity index (χ3n) is 4.13. The van der Waals surface area contributed by atoms with Crippen molar-refractivity contribution in [2.75, 3.05) is 0 Å². The fourth-order valence-corrected chi connectivity index (χ4v) is 3.19. The minimum absolute atomic E-state index is 0.0207. The number of primary amides is 1. The lowest BCUT2D eigenvalue weighted by Gasteiger charge is -2.09. The lowest BCUT2D eigenvalue weighted by Crippen LogP contribution is -2.16. The van der Waals surface area contributed by atoms with E-state index in [9.17, 15) is 14.4 Å². The number of amides is 1. The van der Waals surface area contributed by atoms with E-state index in [2.05, 4.69) is 6.07 Å². The van der Waals surface area contributed by atoms with Crippen LogP contribution in [0.5, 0.6) is 0 Å². The molecular weight excluding hydrogens is 329 g/mol. The number of aromatic nitrogens is 1. The normalized spacial score (nSPS) is 10.8. The lowest BCUT2D eigenvalue weighted by molar-refractivity contribution is 0.0992. The summed E-state index contributed by atoms with van der Waals surface area (Å²) in [4.78, 5) is 11.8. The molecular formula is C18H13ClFN3O. The van der Waals surface area contributed by atoms with Crippen molar-refractivity contribution in [3.8, 4) is 17.2 Å². The molecule has 0 aliphatic heterocycles. The molecule has 0 fully saturated rings. The quantitative estimate of drug-likeness (QED) is 0.767. The zero-order chi connectivity index (χ0) is 17.6. The molecule has 0 unspecified atom stereocenters. The highest BCUT2D eigenvalue weighted by molar-refractivity contribution is 6.30. The molecule has 4 nitrogen and oxygen atoms in total. The number of hydrogen-bond donors (Lipinski definition) is 1. The Balaban J connectivity index is 2.47. The SMILES string of the molecule is Cc1c(C(N)=O)n(C)c2c(-c3ccc(Cl)c(F)c3)cc(C#N)cc12. The van der Waals surface area contributed by atoms with E-state index >= 15 is 0 Å². The van der Waals surface area contributed by atoms with Gasteiger partial charge < -0.3 is 10.3 Å². The van der Waals surface area contributed by atoms with E-state index in [1.54, 1.807) is 36.7 Å². The van der Waals surface area contributed by atoms with Gasteiger partial charge in [-0.3, -0.25) is 4.79 Å². The Bertz CT molecular complexity index is 1050. The number of fused-ring (bicyclic) bond motifs is 1. The highest BCUT2D eigenvalue weighted by Gasteiger charge is 2.20. The van der Waals surface area contributed by atoms with Gasteiger partial charge in [-0.15, -0.1) is 0 Å². The van der Waals surface area contributed by atoms with Gasteiger partial charge in [0, 0.05) is 18.0 Å². The molecule has 1 aromatic heterocycles. The average Bonchev–Trinajstić information content (AvgIpc) is 2.80. The number of rotatable bonds is 2. The van der Waals surface area contributed by atoms with E-state index < -0.39 is 11.7 Å². The van der Waals surface area contributed by atoms with Crippen LogP contribution in [0.25, 0.3) is 22.0 Å². The molecule has 0 aliphatic carbocycles. The number of nitrogens with two attached hydrogens (primary N) is 1. The molecule has 0 atom stereocenters. The fourth-order valence-electron chi connectivity index (χ4n) is 3.07. The van der Waals surface area contributed by atoms with Crippen LogP contribution in [0, 0.1) is 24.1 Å². The number of benzene rings is 2. The summed E-state index contributed by atoms with van der Waals surface area (Å²) in [6, 6.07) is 9.90. The molecule has 120 valence electrons. The molecule has 0 radical (unpaired) electrons. The number of carbonyl (C=O) groups excluding carboxylic acids is 1. The van der Waals surface area contributed by atoms with Crippen molar-refractivity contribution >= 4 is 28.4 Å². The summed E-state index contributed by atoms with van der Waals surface area (Å²) < 4.78 is 15.6. The first-order chi connectivity index (χ1) is 11.3. The zero-order valence-corrected chi connectivity index (χ0v) is 13.8. The van der Waals surface area contributed by atoms with Crippen molar-refractivity contribution < 1.29 is 9.18 Å². The Kier molecular flexibility index (Phi) is 3.78. The van der Waals surface area contributed by atoms with Gasteiger partial charge in [-0.1, -0.05) is 17.7 Å². The van der Waals surface area contributed by atoms with Gasteiger partial charge in [-0.2, -0.15) is 5.26 Å². The van der Waals surface area contributed by atoms with Gasteiger partial charge in [0.05, 0.1) is 22.2 Å². The van der Waals surface area contributed by atoms with Crippen LogP contribution in [0.1, 0.15) is 21.6 Å². The molecule has 3 aromatic rings. The highest BCUT2D eigenvalue weighted by Crippen LogP contribution is 2.35. The van der Waals surface area contributed by atoms with Gasteiger partial charge in [0.2, 0.25) is 0 Å². The molecule has 2 aromatic carbocycles. The topological polar surface area (TPSA) is 71.8 Å². The lowest BCUT2D eigenvalue weighted by atomic mass is 9.98. The van der Waals surface area contributed by atoms with Gasteiger partial charge in [0.25, 0.3) is 5.91 Å². The number of nitriles is 1. The molecule has 1 amide bonds. The Labute approximate surface area is 142 Å². The first-order valence-corrected chi connectivity index (χ1v) is 7.51. The van der Waals surface area contributed by atoms with Gasteiger partial charge in [-0.25, -0.2) is 4.39 Å².